The molecule has 0 unspecified atom stereocenters. The van der Waals surface area contributed by atoms with Gasteiger partial charge in [0, 0.05) is 6.07 Å². The Bertz CT molecular complexity index is 2390. The lowest BCUT2D eigenvalue weighted by Crippen LogP contribution is -2.41. The summed E-state index contributed by atoms with van der Waals surface area (Å²) in [6.45, 7) is 3.55. The predicted molar refractivity (Wildman–Crippen MR) is 220 cm³/mol. The van der Waals surface area contributed by atoms with Crippen molar-refractivity contribution in [3.63, 3.8) is 0 Å². The lowest BCUT2D eigenvalue weighted by Gasteiger charge is -2.38. The van der Waals surface area contributed by atoms with Crippen molar-refractivity contribution in [3.05, 3.63) is 141 Å². The SMILES string of the molecule is CCCCCCCCCCCCCCCCN(C)C.Fc1c(F)c(F)c(-c2ccccc2[N+](c2c(F)c(F)c(F)c(F)c2F)(c2c(F)c(F)c(F)c(F)c2F)c2c(F)c(F)c(F)c(F)c2F)c(F)c1F. The fourth-order valence-electron chi connectivity index (χ4n) is 7.80. The van der Waals surface area contributed by atoms with Gasteiger partial charge in [0.05, 0.1) is 11.1 Å². The van der Waals surface area contributed by atoms with Gasteiger partial charge in [0.25, 0.3) is 0 Å². The molecule has 0 saturated heterocycles. The molecule has 0 bridgehead atoms. The molecule has 2 nitrogen and oxygen atoms in total. The number of hydrogen-bond donors (Lipinski definition) is 0. The van der Waals surface area contributed by atoms with Crippen molar-refractivity contribution in [3.8, 4) is 11.1 Å². The third-order valence-corrected chi connectivity index (χ3v) is 11.3. The Morgan fingerprint density at radius 3 is 0.843 bits per heavy atom. The molecule has 0 atom stereocenters. The van der Waals surface area contributed by atoms with Gasteiger partial charge in [-0.1, -0.05) is 103 Å². The van der Waals surface area contributed by atoms with Crippen molar-refractivity contribution < 1.29 is 87.8 Å². The van der Waals surface area contributed by atoms with Crippen LogP contribution in [-0.2, 0) is 0 Å². The second kappa shape index (κ2) is 24.6. The highest BCUT2D eigenvalue weighted by Crippen LogP contribution is 2.61. The highest BCUT2D eigenvalue weighted by Gasteiger charge is 2.58. The molecule has 0 radical (unpaired) electrons. The van der Waals surface area contributed by atoms with Crippen molar-refractivity contribution in [2.45, 2.75) is 96.8 Å². The van der Waals surface area contributed by atoms with E-state index in [4.69, 9.17) is 0 Å². The van der Waals surface area contributed by atoms with Crippen molar-refractivity contribution >= 4 is 22.7 Å². The highest BCUT2D eigenvalue weighted by atomic mass is 19.2. The molecule has 0 heterocycles. The lowest BCUT2D eigenvalue weighted by molar-refractivity contribution is 0.340. The molecule has 5 aromatic carbocycles. The summed E-state index contributed by atoms with van der Waals surface area (Å²) in [4.78, 5) is 2.29. The normalized spacial score (nSPS) is 11.8. The van der Waals surface area contributed by atoms with E-state index in [0.29, 0.717) is 6.07 Å². The quantitative estimate of drug-likeness (QED) is 0.0247. The number of unbranched alkanes of at least 4 members (excludes halogenated alkanes) is 13. The monoisotopic (exact) mass is 1030 g/mol. The van der Waals surface area contributed by atoms with Crippen LogP contribution < -0.4 is 4.48 Å². The zero-order valence-corrected chi connectivity index (χ0v) is 37.4. The Kier molecular flexibility index (Phi) is 20.1. The lowest BCUT2D eigenvalue weighted by atomic mass is 9.95. The Hall–Kier alpha value is -5.38. The molecule has 5 rings (SSSR count). The molecule has 5 aromatic rings. The topological polar surface area (TPSA) is 3.24 Å². The summed E-state index contributed by atoms with van der Waals surface area (Å²) in [5, 5.41) is 0. The number of benzene rings is 5. The van der Waals surface area contributed by atoms with E-state index >= 15 is 35.1 Å². The standard InChI is InChI=1S/C30H4F20N.C18H39N/c31-8-7(9(32)11(34)12(35)10(8)33)5-3-1-2-4-6(5)51(28-22(45)16(39)13(36)17(40)23(28)46,29-24(47)18(41)14(37)19(42)25(29)48)30-26(49)20(43)15(38)21(44)27(30)50;1-4-5-6-7-8-9-10-11-12-13-14-15-16-17-18-19(2)3/h1-4H;4-18H2,1-3H3/q+1;. The highest BCUT2D eigenvalue weighted by molar-refractivity contribution is 5.91. The van der Waals surface area contributed by atoms with Gasteiger partial charge in [-0.2, -0.15) is 30.8 Å². The number of nitrogens with zero attached hydrogens (tertiary/aromatic N) is 2. The molecule has 0 aliphatic carbocycles. The summed E-state index contributed by atoms with van der Waals surface area (Å²) >= 11 is 0. The molecule has 70 heavy (non-hydrogen) atoms. The van der Waals surface area contributed by atoms with Gasteiger partial charge >= 0.3 is 0 Å². The molecule has 0 N–H and O–H groups in total. The van der Waals surface area contributed by atoms with E-state index in [1.165, 1.54) is 96.4 Å². The third-order valence-electron chi connectivity index (χ3n) is 11.3. The maximum absolute atomic E-state index is 15.8. The van der Waals surface area contributed by atoms with Gasteiger partial charge in [-0.05, 0) is 33.1 Å². The second-order valence-electron chi connectivity index (χ2n) is 16.3. The molecule has 0 amide bonds. The van der Waals surface area contributed by atoms with Crippen molar-refractivity contribution in [1.82, 2.24) is 9.38 Å². The molecule has 22 heteroatoms. The minimum Gasteiger partial charge on any atom is -0.309 e. The van der Waals surface area contributed by atoms with Crippen molar-refractivity contribution in [2.24, 2.45) is 0 Å². The first-order valence-corrected chi connectivity index (χ1v) is 21.7. The molecule has 0 aliphatic rings. The van der Waals surface area contributed by atoms with Crippen LogP contribution in [0, 0.1) is 116 Å². The van der Waals surface area contributed by atoms with E-state index in [0.717, 1.165) is 0 Å². The minimum absolute atomic E-state index is 0.0370. The third kappa shape index (κ3) is 11.2. The number of hydrogen-bond acceptors (Lipinski definition) is 1. The van der Waals surface area contributed by atoms with Gasteiger partial charge in [-0.25, -0.2) is 61.5 Å². The van der Waals surface area contributed by atoms with E-state index in [9.17, 15) is 52.7 Å². The number of para-hydroxylation sites is 1. The molecule has 0 aromatic heterocycles. The number of quaternary nitrogens is 1. The molecule has 0 saturated carbocycles. The molecular weight excluding hydrogens is 985 g/mol. The van der Waals surface area contributed by atoms with Crippen LogP contribution in [0.1, 0.15) is 96.8 Å². The van der Waals surface area contributed by atoms with E-state index in [-0.39, 0.29) is 18.2 Å². The number of halogens is 20. The average Bonchev–Trinajstić information content (AvgIpc) is 3.34. The molecule has 0 aliphatic heterocycles. The first-order chi connectivity index (χ1) is 33.0. The van der Waals surface area contributed by atoms with Crippen LogP contribution >= 0.6 is 0 Å². The van der Waals surface area contributed by atoms with Gasteiger partial charge in [-0.3, -0.25) is 0 Å². The zero-order valence-electron chi connectivity index (χ0n) is 37.4. The minimum atomic E-state index is -4.32. The van der Waals surface area contributed by atoms with Gasteiger partial charge in [-0.15, -0.1) is 0 Å². The van der Waals surface area contributed by atoms with Gasteiger partial charge in [0.15, 0.2) is 29.0 Å². The van der Waals surface area contributed by atoms with E-state index in [1.807, 2.05) is 0 Å². The Morgan fingerprint density at radius 2 is 0.557 bits per heavy atom. The first kappa shape index (κ1) is 57.2. The summed E-state index contributed by atoms with van der Waals surface area (Å²) in [5.74, 6) is -66.2. The van der Waals surface area contributed by atoms with E-state index < -0.39 is 155 Å². The zero-order chi connectivity index (χ0) is 52.5. The summed E-state index contributed by atoms with van der Waals surface area (Å²) in [5.41, 5.74) is -16.9. The van der Waals surface area contributed by atoms with Crippen molar-refractivity contribution in [1.29, 1.82) is 0 Å². The smallest absolute Gasteiger partial charge is 0.227 e. The van der Waals surface area contributed by atoms with Crippen LogP contribution in [0.3, 0.4) is 0 Å². The van der Waals surface area contributed by atoms with E-state index in [1.54, 1.807) is 0 Å². The Morgan fingerprint density at radius 1 is 0.314 bits per heavy atom. The van der Waals surface area contributed by atoms with Crippen LogP contribution in [-0.4, -0.2) is 25.5 Å². The average molecular weight is 1030 g/mol. The maximum atomic E-state index is 15.8. The van der Waals surface area contributed by atoms with Crippen LogP contribution in [0.15, 0.2) is 24.3 Å². The molecule has 384 valence electrons. The first-order valence-electron chi connectivity index (χ1n) is 21.7. The Balaban J connectivity index is 0.000000474. The summed E-state index contributed by atoms with van der Waals surface area (Å²) in [6, 6.07) is 0.412. The predicted octanol–water partition coefficient (Wildman–Crippen LogP) is 17.5. The van der Waals surface area contributed by atoms with Gasteiger partial charge in [0.1, 0.15) is 0 Å². The summed E-state index contributed by atoms with van der Waals surface area (Å²) < 4.78 is 295. The van der Waals surface area contributed by atoms with Crippen LogP contribution in [0.4, 0.5) is 111 Å². The fourth-order valence-corrected chi connectivity index (χ4v) is 7.80. The molecule has 0 fully saturated rings. The second-order valence-corrected chi connectivity index (χ2v) is 16.3. The maximum Gasteiger partial charge on any atom is 0.227 e. The van der Waals surface area contributed by atoms with E-state index in [2.05, 4.69) is 25.9 Å². The molecule has 0 spiro atoms. The Labute approximate surface area is 388 Å². The van der Waals surface area contributed by atoms with Crippen LogP contribution in [0.25, 0.3) is 11.1 Å². The fraction of sp³-hybridized carbons (Fsp3) is 0.375. The number of rotatable bonds is 20. The van der Waals surface area contributed by atoms with Crippen LogP contribution in [0.2, 0.25) is 0 Å². The van der Waals surface area contributed by atoms with Crippen molar-refractivity contribution in [2.75, 3.05) is 20.6 Å². The van der Waals surface area contributed by atoms with Gasteiger partial charge in [0.2, 0.25) is 110 Å². The summed E-state index contributed by atoms with van der Waals surface area (Å²) in [7, 11) is 4.34. The summed E-state index contributed by atoms with van der Waals surface area (Å²) in [6.07, 6.45) is 20.3. The van der Waals surface area contributed by atoms with Crippen LogP contribution in [0.5, 0.6) is 0 Å². The molecular formula is C48H43F20N2+. The largest absolute Gasteiger partial charge is 0.309 e. The van der Waals surface area contributed by atoms with Gasteiger partial charge < -0.3 is 4.90 Å².